The Morgan fingerprint density at radius 1 is 1.67 bits per heavy atom. The van der Waals surface area contributed by atoms with Gasteiger partial charge in [-0.05, 0) is 30.7 Å². The zero-order chi connectivity index (χ0) is 11.1. The molecule has 0 aromatic carbocycles. The van der Waals surface area contributed by atoms with Crippen molar-refractivity contribution in [2.45, 2.75) is 17.7 Å². The van der Waals surface area contributed by atoms with Crippen molar-refractivity contribution < 1.29 is 9.90 Å². The van der Waals surface area contributed by atoms with E-state index < -0.39 is 5.97 Å². The Morgan fingerprint density at radius 3 is 3.13 bits per heavy atom. The van der Waals surface area contributed by atoms with Gasteiger partial charge in [-0.15, -0.1) is 18.3 Å². The van der Waals surface area contributed by atoms with Crippen molar-refractivity contribution in [2.24, 2.45) is 0 Å². The van der Waals surface area contributed by atoms with E-state index in [1.807, 2.05) is 12.1 Å². The third kappa shape index (κ3) is 4.16. The van der Waals surface area contributed by atoms with Crippen molar-refractivity contribution in [3.8, 4) is 0 Å². The van der Waals surface area contributed by atoms with E-state index in [4.69, 9.17) is 5.11 Å². The molecule has 80 valence electrons. The molecule has 4 heteroatoms. The van der Waals surface area contributed by atoms with Gasteiger partial charge in [0.2, 0.25) is 0 Å². The van der Waals surface area contributed by atoms with Gasteiger partial charge in [-0.25, -0.2) is 9.78 Å². The number of rotatable bonds is 6. The summed E-state index contributed by atoms with van der Waals surface area (Å²) in [5.41, 5.74) is 0.101. The van der Waals surface area contributed by atoms with Crippen molar-refractivity contribution >= 4 is 17.7 Å². The van der Waals surface area contributed by atoms with Gasteiger partial charge in [0, 0.05) is 11.1 Å². The van der Waals surface area contributed by atoms with Crippen LogP contribution in [-0.2, 0) is 0 Å². The van der Waals surface area contributed by atoms with Crippen LogP contribution in [0.15, 0.2) is 35.9 Å². The summed E-state index contributed by atoms with van der Waals surface area (Å²) in [6.45, 7) is 3.65. The van der Waals surface area contributed by atoms with Crippen LogP contribution in [0.2, 0.25) is 0 Å². The van der Waals surface area contributed by atoms with Crippen LogP contribution in [0.4, 0.5) is 0 Å². The van der Waals surface area contributed by atoms with E-state index in [1.165, 1.54) is 6.20 Å². The maximum Gasteiger partial charge on any atom is 0.354 e. The third-order valence-electron chi connectivity index (χ3n) is 1.77. The summed E-state index contributed by atoms with van der Waals surface area (Å²) in [5, 5.41) is 8.73. The summed E-state index contributed by atoms with van der Waals surface area (Å²) in [6, 6.07) is 3.42. The monoisotopic (exact) mass is 223 g/mol. The molecule has 0 atom stereocenters. The fourth-order valence-electron chi connectivity index (χ4n) is 1.04. The van der Waals surface area contributed by atoms with Crippen LogP contribution >= 0.6 is 11.8 Å². The van der Waals surface area contributed by atoms with Crippen LogP contribution in [0.3, 0.4) is 0 Å². The largest absolute Gasteiger partial charge is 0.477 e. The SMILES string of the molecule is C=CCCCSc1ccnc(C(=O)O)c1. The van der Waals surface area contributed by atoms with Gasteiger partial charge in [0.25, 0.3) is 0 Å². The van der Waals surface area contributed by atoms with Gasteiger partial charge < -0.3 is 5.11 Å². The first-order valence-electron chi connectivity index (χ1n) is 4.67. The molecule has 3 nitrogen and oxygen atoms in total. The van der Waals surface area contributed by atoms with E-state index in [1.54, 1.807) is 17.8 Å². The van der Waals surface area contributed by atoms with Crippen molar-refractivity contribution in [3.05, 3.63) is 36.7 Å². The molecule has 0 amide bonds. The van der Waals surface area contributed by atoms with Crippen LogP contribution in [0.5, 0.6) is 0 Å². The fourth-order valence-corrected chi connectivity index (χ4v) is 1.93. The smallest absolute Gasteiger partial charge is 0.354 e. The predicted molar refractivity (Wildman–Crippen MR) is 61.4 cm³/mol. The molecule has 0 bridgehead atoms. The van der Waals surface area contributed by atoms with Crippen molar-refractivity contribution in [3.63, 3.8) is 0 Å². The normalized spacial score (nSPS) is 9.87. The lowest BCUT2D eigenvalue weighted by Gasteiger charge is -2.00. The summed E-state index contributed by atoms with van der Waals surface area (Å²) >= 11 is 1.64. The standard InChI is InChI=1S/C11H13NO2S/c1-2-3-4-7-15-9-5-6-12-10(8-9)11(13)14/h2,5-6,8H,1,3-4,7H2,(H,13,14). The van der Waals surface area contributed by atoms with E-state index in [0.717, 1.165) is 23.5 Å². The minimum atomic E-state index is -0.983. The molecular formula is C11H13NO2S. The van der Waals surface area contributed by atoms with Gasteiger partial charge in [-0.3, -0.25) is 0 Å². The topological polar surface area (TPSA) is 50.2 Å². The van der Waals surface area contributed by atoms with Gasteiger partial charge in [0.15, 0.2) is 0 Å². The van der Waals surface area contributed by atoms with Gasteiger partial charge in [-0.2, -0.15) is 0 Å². The highest BCUT2D eigenvalue weighted by Gasteiger charge is 2.04. The van der Waals surface area contributed by atoms with E-state index in [9.17, 15) is 4.79 Å². The number of hydrogen-bond acceptors (Lipinski definition) is 3. The Labute approximate surface area is 93.2 Å². The summed E-state index contributed by atoms with van der Waals surface area (Å²) in [4.78, 5) is 15.3. The highest BCUT2D eigenvalue weighted by molar-refractivity contribution is 7.99. The maximum absolute atomic E-state index is 10.6. The number of carbonyl (C=O) groups is 1. The molecule has 0 radical (unpaired) electrons. The number of pyridine rings is 1. The fraction of sp³-hybridized carbons (Fsp3) is 0.273. The predicted octanol–water partition coefficient (Wildman–Crippen LogP) is 2.84. The molecule has 15 heavy (non-hydrogen) atoms. The molecule has 0 saturated carbocycles. The molecule has 0 fully saturated rings. The lowest BCUT2D eigenvalue weighted by molar-refractivity contribution is 0.0690. The number of unbranched alkanes of at least 4 members (excludes halogenated alkanes) is 1. The average molecular weight is 223 g/mol. The van der Waals surface area contributed by atoms with E-state index >= 15 is 0 Å². The van der Waals surface area contributed by atoms with Gasteiger partial charge >= 0.3 is 5.97 Å². The lowest BCUT2D eigenvalue weighted by Crippen LogP contribution is -1.99. The van der Waals surface area contributed by atoms with Gasteiger partial charge in [0.1, 0.15) is 5.69 Å². The van der Waals surface area contributed by atoms with Crippen LogP contribution in [0.1, 0.15) is 23.3 Å². The molecule has 0 spiro atoms. The minimum absolute atomic E-state index is 0.101. The Kier molecular flexibility index (Phi) is 4.90. The van der Waals surface area contributed by atoms with Gasteiger partial charge in [0.05, 0.1) is 0 Å². The van der Waals surface area contributed by atoms with Gasteiger partial charge in [-0.1, -0.05) is 6.08 Å². The second-order valence-electron chi connectivity index (χ2n) is 2.96. The first kappa shape index (κ1) is 11.8. The molecule has 1 heterocycles. The van der Waals surface area contributed by atoms with Crippen molar-refractivity contribution in [1.82, 2.24) is 4.98 Å². The molecular weight excluding hydrogens is 210 g/mol. The van der Waals surface area contributed by atoms with E-state index in [0.29, 0.717) is 0 Å². The Bertz CT molecular complexity index is 352. The average Bonchev–Trinajstić information content (AvgIpc) is 2.25. The van der Waals surface area contributed by atoms with E-state index in [-0.39, 0.29) is 5.69 Å². The molecule has 0 aliphatic rings. The lowest BCUT2D eigenvalue weighted by atomic mass is 10.3. The number of thioether (sulfide) groups is 1. The number of allylic oxidation sites excluding steroid dienone is 1. The first-order valence-corrected chi connectivity index (χ1v) is 5.65. The molecule has 0 aliphatic heterocycles. The molecule has 1 N–H and O–H groups in total. The van der Waals surface area contributed by atoms with Crippen LogP contribution < -0.4 is 0 Å². The van der Waals surface area contributed by atoms with Crippen LogP contribution in [-0.4, -0.2) is 21.8 Å². The second kappa shape index (κ2) is 6.24. The van der Waals surface area contributed by atoms with Crippen molar-refractivity contribution in [1.29, 1.82) is 0 Å². The summed E-state index contributed by atoms with van der Waals surface area (Å²) in [6.07, 6.45) is 5.46. The quantitative estimate of drug-likeness (QED) is 0.457. The Morgan fingerprint density at radius 2 is 2.47 bits per heavy atom. The number of carboxylic acid groups (broad SMARTS) is 1. The Hall–Kier alpha value is -1.29. The number of nitrogens with zero attached hydrogens (tertiary/aromatic N) is 1. The van der Waals surface area contributed by atoms with Crippen molar-refractivity contribution in [2.75, 3.05) is 5.75 Å². The number of carboxylic acids is 1. The summed E-state index contributed by atoms with van der Waals surface area (Å²) in [5.74, 6) is -0.0155. The zero-order valence-corrected chi connectivity index (χ0v) is 9.17. The zero-order valence-electron chi connectivity index (χ0n) is 8.35. The molecule has 1 aromatic heterocycles. The van der Waals surface area contributed by atoms with Crippen LogP contribution in [0, 0.1) is 0 Å². The molecule has 0 aliphatic carbocycles. The molecule has 1 rings (SSSR count). The van der Waals surface area contributed by atoms with E-state index in [2.05, 4.69) is 11.6 Å². The second-order valence-corrected chi connectivity index (χ2v) is 4.13. The maximum atomic E-state index is 10.6. The number of aromatic nitrogens is 1. The highest BCUT2D eigenvalue weighted by atomic mass is 32.2. The first-order chi connectivity index (χ1) is 7.24. The minimum Gasteiger partial charge on any atom is -0.477 e. The molecule has 0 saturated heterocycles. The summed E-state index contributed by atoms with van der Waals surface area (Å²) < 4.78 is 0. The number of hydrogen-bond donors (Lipinski definition) is 1. The Balaban J connectivity index is 2.50. The third-order valence-corrected chi connectivity index (χ3v) is 2.85. The van der Waals surface area contributed by atoms with Crippen LogP contribution in [0.25, 0.3) is 0 Å². The molecule has 0 unspecified atom stereocenters. The molecule has 1 aromatic rings. The summed E-state index contributed by atoms with van der Waals surface area (Å²) in [7, 11) is 0. The number of aromatic carboxylic acids is 1. The highest BCUT2D eigenvalue weighted by Crippen LogP contribution is 2.19.